The number of nitriles is 1. The van der Waals surface area contributed by atoms with Crippen molar-refractivity contribution in [2.24, 2.45) is 0 Å². The predicted octanol–water partition coefficient (Wildman–Crippen LogP) is 1.54. The molecule has 4 heterocycles. The average Bonchev–Trinajstić information content (AvgIpc) is 3.87. The lowest BCUT2D eigenvalue weighted by atomic mass is 9.69. The molecule has 2 N–H and O–H groups in total. The fraction of sp³-hybridized carbons (Fsp3) is 0.553. The highest BCUT2D eigenvalue weighted by Gasteiger charge is 2.44. The molecule has 0 radical (unpaired) electrons. The maximum Gasteiger partial charge on any atom is 0.253 e. The van der Waals surface area contributed by atoms with Crippen molar-refractivity contribution in [2.45, 2.75) is 50.5 Å². The number of aryl methyl sites for hydroxylation is 2. The maximum atomic E-state index is 13.6. The Hall–Kier alpha value is -4.71. The SMILES string of the molecule is CCNCCC1(c2nn[nH]n2)c2ccc(C(=O)N3CCN(C)CC3)cc2CCc2cc(C(=O)N3CCN(C)CC3)ccc21.N#CC1CCCN1C=O. The standard InChI is InChI=1S/C32H43N9O2.C6H8N2O/c1-4-33-12-11-32(31-34-36-37-35-31)27-9-7-25(29(42)40-17-13-38(2)14-18-40)21-23(27)5-6-24-22-26(8-10-28(24)32)30(43)41-19-15-39(3)16-20-41;7-4-6-2-1-3-8(6)5-9/h7-10,21-22,33H,4-6,11-20H2,1-3H3,(H,34,35,36,37);5-6H,1-3H2. The summed E-state index contributed by atoms with van der Waals surface area (Å²) in [6, 6.07) is 14.2. The normalized spacial score (nSPS) is 20.2. The summed E-state index contributed by atoms with van der Waals surface area (Å²) in [6.07, 6.45) is 4.77. The molecule has 3 amide bonds. The lowest BCUT2D eigenvalue weighted by Crippen LogP contribution is -2.47. The van der Waals surface area contributed by atoms with Gasteiger partial charge in [-0.3, -0.25) is 14.4 Å². The first-order valence-corrected chi connectivity index (χ1v) is 18.6. The van der Waals surface area contributed by atoms with Gasteiger partial charge in [-0.15, -0.1) is 10.2 Å². The molecule has 276 valence electrons. The molecular formula is C38H51N11O3. The number of likely N-dealkylation sites (N-methyl/N-ethyl adjacent to an activating group) is 2. The predicted molar refractivity (Wildman–Crippen MR) is 196 cm³/mol. The van der Waals surface area contributed by atoms with Gasteiger partial charge >= 0.3 is 0 Å². The van der Waals surface area contributed by atoms with Gasteiger partial charge in [-0.2, -0.15) is 10.5 Å². The average molecular weight is 710 g/mol. The monoisotopic (exact) mass is 709 g/mol. The molecule has 3 saturated heterocycles. The zero-order valence-electron chi connectivity index (χ0n) is 30.7. The van der Waals surface area contributed by atoms with E-state index in [0.29, 0.717) is 23.4 Å². The smallest absolute Gasteiger partial charge is 0.253 e. The Morgan fingerprint density at radius 3 is 1.90 bits per heavy atom. The number of H-pyrrole nitrogens is 1. The van der Waals surface area contributed by atoms with E-state index in [1.54, 1.807) is 4.90 Å². The maximum absolute atomic E-state index is 13.6. The second-order valence-electron chi connectivity index (χ2n) is 14.3. The van der Waals surface area contributed by atoms with Crippen molar-refractivity contribution in [1.29, 1.82) is 5.26 Å². The first-order chi connectivity index (χ1) is 25.3. The highest BCUT2D eigenvalue weighted by molar-refractivity contribution is 5.95. The fourth-order valence-corrected chi connectivity index (χ4v) is 7.97. The van der Waals surface area contributed by atoms with Gasteiger partial charge in [-0.25, -0.2) is 0 Å². The quantitative estimate of drug-likeness (QED) is 0.260. The molecule has 4 aliphatic rings. The van der Waals surface area contributed by atoms with Crippen LogP contribution in [0.4, 0.5) is 0 Å². The summed E-state index contributed by atoms with van der Waals surface area (Å²) in [6.45, 7) is 10.9. The number of fused-ring (bicyclic) bond motifs is 2. The van der Waals surface area contributed by atoms with Gasteiger partial charge in [0.1, 0.15) is 6.04 Å². The molecule has 0 bridgehead atoms. The molecular weight excluding hydrogens is 658 g/mol. The van der Waals surface area contributed by atoms with Crippen LogP contribution in [-0.2, 0) is 23.1 Å². The number of hydrogen-bond acceptors (Lipinski definition) is 10. The van der Waals surface area contributed by atoms with Gasteiger partial charge in [0.05, 0.1) is 11.5 Å². The molecule has 14 nitrogen and oxygen atoms in total. The van der Waals surface area contributed by atoms with Crippen molar-refractivity contribution in [3.8, 4) is 6.07 Å². The van der Waals surface area contributed by atoms with E-state index in [-0.39, 0.29) is 17.9 Å². The van der Waals surface area contributed by atoms with E-state index in [9.17, 15) is 14.4 Å². The highest BCUT2D eigenvalue weighted by Crippen LogP contribution is 2.46. The molecule has 1 unspecified atom stereocenters. The summed E-state index contributed by atoms with van der Waals surface area (Å²) in [5, 5.41) is 27.7. The third-order valence-corrected chi connectivity index (χ3v) is 11.1. The lowest BCUT2D eigenvalue weighted by Gasteiger charge is -2.35. The van der Waals surface area contributed by atoms with Crippen LogP contribution in [-0.4, -0.2) is 155 Å². The summed E-state index contributed by atoms with van der Waals surface area (Å²) in [4.78, 5) is 47.3. The van der Waals surface area contributed by atoms with Crippen molar-refractivity contribution in [3.63, 3.8) is 0 Å². The van der Waals surface area contributed by atoms with Crippen LogP contribution in [0.15, 0.2) is 36.4 Å². The van der Waals surface area contributed by atoms with E-state index in [2.05, 4.69) is 87.1 Å². The zero-order chi connectivity index (χ0) is 36.7. The zero-order valence-corrected chi connectivity index (χ0v) is 30.7. The number of piperazine rings is 2. The van der Waals surface area contributed by atoms with E-state index >= 15 is 0 Å². The van der Waals surface area contributed by atoms with Crippen LogP contribution >= 0.6 is 0 Å². The number of nitrogens with zero attached hydrogens (tertiary/aromatic N) is 9. The third kappa shape index (κ3) is 7.72. The Morgan fingerprint density at radius 1 is 0.904 bits per heavy atom. The summed E-state index contributed by atoms with van der Waals surface area (Å²) >= 11 is 0. The molecule has 0 spiro atoms. The molecule has 14 heteroatoms. The number of aromatic nitrogens is 4. The van der Waals surface area contributed by atoms with Crippen LogP contribution in [0.1, 0.15) is 75.0 Å². The first kappa shape index (κ1) is 37.1. The summed E-state index contributed by atoms with van der Waals surface area (Å²) in [5.41, 5.74) is 5.16. The molecule has 1 aliphatic carbocycles. The van der Waals surface area contributed by atoms with E-state index in [0.717, 1.165) is 126 Å². The van der Waals surface area contributed by atoms with Crippen molar-refractivity contribution >= 4 is 18.2 Å². The number of rotatable bonds is 8. The summed E-state index contributed by atoms with van der Waals surface area (Å²) in [5.74, 6) is 0.761. The van der Waals surface area contributed by atoms with Crippen molar-refractivity contribution in [3.05, 3.63) is 75.6 Å². The second kappa shape index (κ2) is 16.8. The molecule has 52 heavy (non-hydrogen) atoms. The van der Waals surface area contributed by atoms with Gasteiger partial charge in [0.25, 0.3) is 11.8 Å². The van der Waals surface area contributed by atoms with E-state index < -0.39 is 5.41 Å². The summed E-state index contributed by atoms with van der Waals surface area (Å²) in [7, 11) is 4.19. The van der Waals surface area contributed by atoms with Crippen molar-refractivity contribution in [1.82, 2.24) is 50.4 Å². The van der Waals surface area contributed by atoms with Gasteiger partial charge in [-0.05, 0) is 106 Å². The number of benzene rings is 2. The number of aromatic amines is 1. The number of carbonyl (C=O) groups is 3. The Morgan fingerprint density at radius 2 is 1.46 bits per heavy atom. The number of tetrazole rings is 1. The van der Waals surface area contributed by atoms with E-state index in [1.165, 1.54) is 0 Å². The van der Waals surface area contributed by atoms with Crippen LogP contribution in [0.25, 0.3) is 0 Å². The molecule has 2 aromatic carbocycles. The Labute approximate surface area is 306 Å². The number of hydrogen-bond donors (Lipinski definition) is 2. The molecule has 3 aliphatic heterocycles. The molecule has 3 aromatic rings. The Kier molecular flexibility index (Phi) is 11.9. The van der Waals surface area contributed by atoms with Crippen LogP contribution in [0.2, 0.25) is 0 Å². The van der Waals surface area contributed by atoms with Gasteiger partial charge in [0, 0.05) is 70.0 Å². The van der Waals surface area contributed by atoms with Crippen molar-refractivity contribution < 1.29 is 14.4 Å². The van der Waals surface area contributed by atoms with Crippen LogP contribution < -0.4 is 5.32 Å². The van der Waals surface area contributed by atoms with E-state index in [1.807, 2.05) is 21.9 Å². The number of likely N-dealkylation sites (tertiary alicyclic amines) is 1. The van der Waals surface area contributed by atoms with Crippen LogP contribution in [0.3, 0.4) is 0 Å². The number of amides is 3. The van der Waals surface area contributed by atoms with Crippen molar-refractivity contribution in [2.75, 3.05) is 86.1 Å². The number of carbonyl (C=O) groups excluding carboxylic acids is 3. The fourth-order valence-electron chi connectivity index (χ4n) is 7.97. The molecule has 7 rings (SSSR count). The molecule has 0 saturated carbocycles. The third-order valence-electron chi connectivity index (χ3n) is 11.1. The summed E-state index contributed by atoms with van der Waals surface area (Å²) < 4.78 is 0. The largest absolute Gasteiger partial charge is 0.336 e. The minimum absolute atomic E-state index is 0.0792. The van der Waals surface area contributed by atoms with Gasteiger partial charge in [-0.1, -0.05) is 24.3 Å². The Bertz CT molecular complexity index is 1660. The van der Waals surface area contributed by atoms with Gasteiger partial charge in [0.2, 0.25) is 6.41 Å². The van der Waals surface area contributed by atoms with Gasteiger partial charge < -0.3 is 29.8 Å². The minimum Gasteiger partial charge on any atom is -0.336 e. The van der Waals surface area contributed by atoms with E-state index in [4.69, 9.17) is 5.26 Å². The second-order valence-corrected chi connectivity index (χ2v) is 14.3. The van der Waals surface area contributed by atoms with Crippen LogP contribution in [0, 0.1) is 11.3 Å². The lowest BCUT2D eigenvalue weighted by molar-refractivity contribution is -0.118. The minimum atomic E-state index is -0.693. The van der Waals surface area contributed by atoms with Gasteiger partial charge in [0.15, 0.2) is 5.82 Å². The number of nitrogens with one attached hydrogen (secondary N) is 2. The van der Waals surface area contributed by atoms with Crippen LogP contribution in [0.5, 0.6) is 0 Å². The molecule has 1 atom stereocenters. The Balaban J connectivity index is 0.000000451. The molecule has 1 aromatic heterocycles. The highest BCUT2D eigenvalue weighted by atomic mass is 16.2. The first-order valence-electron chi connectivity index (χ1n) is 18.6. The molecule has 3 fully saturated rings. The topological polar surface area (TPSA) is 158 Å².